The number of benzene rings is 1. The zero-order valence-electron chi connectivity index (χ0n) is 14.2. The summed E-state index contributed by atoms with van der Waals surface area (Å²) in [4.78, 5) is 24.9. The van der Waals surface area contributed by atoms with Gasteiger partial charge in [0.15, 0.2) is 0 Å². The molecule has 0 radical (unpaired) electrons. The molecule has 126 valence electrons. The predicted octanol–water partition coefficient (Wildman–Crippen LogP) is 1.62. The van der Waals surface area contributed by atoms with Crippen LogP contribution in [0.3, 0.4) is 0 Å². The summed E-state index contributed by atoms with van der Waals surface area (Å²) in [7, 11) is 0. The van der Waals surface area contributed by atoms with Crippen LogP contribution in [0.1, 0.15) is 42.6 Å². The van der Waals surface area contributed by atoms with Crippen molar-refractivity contribution < 1.29 is 9.59 Å². The summed E-state index contributed by atoms with van der Waals surface area (Å²) in [6.07, 6.45) is 2.04. The Morgan fingerprint density at radius 1 is 1.30 bits per heavy atom. The predicted molar refractivity (Wildman–Crippen MR) is 91.3 cm³/mol. The molecule has 23 heavy (non-hydrogen) atoms. The average Bonchev–Trinajstić information content (AvgIpc) is 2.52. The molecule has 1 fully saturated rings. The highest BCUT2D eigenvalue weighted by Gasteiger charge is 2.27. The Labute approximate surface area is 138 Å². The van der Waals surface area contributed by atoms with E-state index < -0.39 is 6.04 Å². The topological polar surface area (TPSA) is 70.2 Å². The Hall–Kier alpha value is -1.88. The average molecular weight is 317 g/mol. The van der Waals surface area contributed by atoms with Crippen molar-refractivity contribution in [1.82, 2.24) is 16.0 Å². The van der Waals surface area contributed by atoms with E-state index in [2.05, 4.69) is 16.0 Å². The number of nitrogens with one attached hydrogen (secondary N) is 3. The van der Waals surface area contributed by atoms with E-state index >= 15 is 0 Å². The van der Waals surface area contributed by atoms with Crippen LogP contribution in [0.2, 0.25) is 0 Å². The monoisotopic (exact) mass is 317 g/mol. The SMILES string of the molecule is Cc1cccc(C(=O)NC(C(=O)NC2CCCNC2)C(C)C)c1. The van der Waals surface area contributed by atoms with Crippen molar-refractivity contribution in [2.45, 2.75) is 45.7 Å². The van der Waals surface area contributed by atoms with Crippen LogP contribution in [-0.2, 0) is 4.79 Å². The van der Waals surface area contributed by atoms with E-state index in [9.17, 15) is 9.59 Å². The van der Waals surface area contributed by atoms with E-state index in [1.54, 1.807) is 6.07 Å². The minimum absolute atomic E-state index is 0.0281. The lowest BCUT2D eigenvalue weighted by molar-refractivity contribution is -0.124. The highest BCUT2D eigenvalue weighted by molar-refractivity contribution is 5.97. The van der Waals surface area contributed by atoms with Crippen LogP contribution in [0, 0.1) is 12.8 Å². The van der Waals surface area contributed by atoms with Crippen LogP contribution in [0.25, 0.3) is 0 Å². The van der Waals surface area contributed by atoms with Crippen molar-refractivity contribution in [2.75, 3.05) is 13.1 Å². The summed E-state index contributed by atoms with van der Waals surface area (Å²) in [6, 6.07) is 7.01. The van der Waals surface area contributed by atoms with Crippen molar-refractivity contribution in [3.63, 3.8) is 0 Å². The van der Waals surface area contributed by atoms with Crippen LogP contribution in [0.4, 0.5) is 0 Å². The van der Waals surface area contributed by atoms with Gasteiger partial charge in [-0.2, -0.15) is 0 Å². The second-order valence-electron chi connectivity index (χ2n) is 6.62. The van der Waals surface area contributed by atoms with Gasteiger partial charge < -0.3 is 16.0 Å². The largest absolute Gasteiger partial charge is 0.350 e. The zero-order valence-corrected chi connectivity index (χ0v) is 14.2. The van der Waals surface area contributed by atoms with E-state index in [1.807, 2.05) is 39.0 Å². The first-order chi connectivity index (χ1) is 11.0. The molecule has 1 aromatic carbocycles. The molecule has 1 aromatic rings. The Balaban J connectivity index is 2.00. The number of amides is 2. The number of hydrogen-bond acceptors (Lipinski definition) is 3. The number of carbonyl (C=O) groups is 2. The van der Waals surface area contributed by atoms with Crippen molar-refractivity contribution in [3.8, 4) is 0 Å². The first-order valence-electron chi connectivity index (χ1n) is 8.36. The lowest BCUT2D eigenvalue weighted by atomic mass is 10.0. The third kappa shape index (κ3) is 5.06. The summed E-state index contributed by atoms with van der Waals surface area (Å²) in [5, 5.41) is 9.21. The fourth-order valence-corrected chi connectivity index (χ4v) is 2.81. The Morgan fingerprint density at radius 3 is 2.70 bits per heavy atom. The first kappa shape index (κ1) is 17.5. The standard InChI is InChI=1S/C18H27N3O2/c1-12(2)16(18(23)20-15-8-5-9-19-11-15)21-17(22)14-7-4-6-13(3)10-14/h4,6-7,10,12,15-16,19H,5,8-9,11H2,1-3H3,(H,20,23)(H,21,22). The molecule has 2 amide bonds. The molecule has 1 saturated heterocycles. The molecule has 2 rings (SSSR count). The van der Waals surface area contributed by atoms with E-state index in [0.29, 0.717) is 5.56 Å². The highest BCUT2D eigenvalue weighted by atomic mass is 16.2. The normalized spacial score (nSPS) is 19.2. The van der Waals surface area contributed by atoms with Crippen molar-refractivity contribution in [2.24, 2.45) is 5.92 Å². The maximum atomic E-state index is 12.5. The molecule has 1 aliphatic heterocycles. The van der Waals surface area contributed by atoms with Gasteiger partial charge in [0.1, 0.15) is 6.04 Å². The third-order valence-corrected chi connectivity index (χ3v) is 4.16. The fourth-order valence-electron chi connectivity index (χ4n) is 2.81. The summed E-state index contributed by atoms with van der Waals surface area (Å²) < 4.78 is 0. The summed E-state index contributed by atoms with van der Waals surface area (Å²) in [5.41, 5.74) is 1.61. The molecule has 1 aliphatic rings. The van der Waals surface area contributed by atoms with Crippen molar-refractivity contribution in [1.29, 1.82) is 0 Å². The maximum Gasteiger partial charge on any atom is 0.251 e. The molecule has 3 N–H and O–H groups in total. The van der Waals surface area contributed by atoms with E-state index in [-0.39, 0.29) is 23.8 Å². The number of aryl methyl sites for hydroxylation is 1. The first-order valence-corrected chi connectivity index (χ1v) is 8.36. The molecule has 2 unspecified atom stereocenters. The van der Waals surface area contributed by atoms with Gasteiger partial charge in [-0.15, -0.1) is 0 Å². The van der Waals surface area contributed by atoms with Crippen molar-refractivity contribution in [3.05, 3.63) is 35.4 Å². The minimum Gasteiger partial charge on any atom is -0.350 e. The number of piperidine rings is 1. The molecule has 0 saturated carbocycles. The van der Waals surface area contributed by atoms with Crippen LogP contribution >= 0.6 is 0 Å². The molecule has 0 bridgehead atoms. The van der Waals surface area contributed by atoms with E-state index in [4.69, 9.17) is 0 Å². The lowest BCUT2D eigenvalue weighted by Crippen LogP contribution is -2.54. The van der Waals surface area contributed by atoms with Gasteiger partial charge in [-0.25, -0.2) is 0 Å². The molecule has 2 atom stereocenters. The lowest BCUT2D eigenvalue weighted by Gasteiger charge is -2.28. The Bertz CT molecular complexity index is 551. The smallest absolute Gasteiger partial charge is 0.251 e. The van der Waals surface area contributed by atoms with Crippen LogP contribution in [0.5, 0.6) is 0 Å². The van der Waals surface area contributed by atoms with Gasteiger partial charge in [-0.3, -0.25) is 9.59 Å². The molecule has 0 aromatic heterocycles. The molecular weight excluding hydrogens is 290 g/mol. The van der Waals surface area contributed by atoms with Gasteiger partial charge in [-0.1, -0.05) is 31.5 Å². The van der Waals surface area contributed by atoms with Crippen molar-refractivity contribution >= 4 is 11.8 Å². The number of rotatable bonds is 5. The Morgan fingerprint density at radius 2 is 2.09 bits per heavy atom. The summed E-state index contributed by atoms with van der Waals surface area (Å²) in [5.74, 6) is -0.278. The zero-order chi connectivity index (χ0) is 16.8. The van der Waals surface area contributed by atoms with Crippen LogP contribution < -0.4 is 16.0 Å². The van der Waals surface area contributed by atoms with Gasteiger partial charge in [0, 0.05) is 18.2 Å². The van der Waals surface area contributed by atoms with Gasteiger partial charge in [0.05, 0.1) is 0 Å². The maximum absolute atomic E-state index is 12.5. The van der Waals surface area contributed by atoms with Gasteiger partial charge in [-0.05, 0) is 44.4 Å². The molecular formula is C18H27N3O2. The molecule has 5 nitrogen and oxygen atoms in total. The van der Waals surface area contributed by atoms with Crippen LogP contribution in [-0.4, -0.2) is 37.0 Å². The Kier molecular flexibility index (Phi) is 6.16. The quantitative estimate of drug-likeness (QED) is 0.773. The highest BCUT2D eigenvalue weighted by Crippen LogP contribution is 2.09. The van der Waals surface area contributed by atoms with Gasteiger partial charge in [0.25, 0.3) is 5.91 Å². The summed E-state index contributed by atoms with van der Waals surface area (Å²) in [6.45, 7) is 7.63. The second kappa shape index (κ2) is 8.11. The number of carbonyl (C=O) groups excluding carboxylic acids is 2. The van der Waals surface area contributed by atoms with Crippen LogP contribution in [0.15, 0.2) is 24.3 Å². The minimum atomic E-state index is -0.523. The molecule has 5 heteroatoms. The third-order valence-electron chi connectivity index (χ3n) is 4.16. The summed E-state index contributed by atoms with van der Waals surface area (Å²) >= 11 is 0. The van der Waals surface area contributed by atoms with E-state index in [1.165, 1.54) is 0 Å². The van der Waals surface area contributed by atoms with Gasteiger partial charge >= 0.3 is 0 Å². The fraction of sp³-hybridized carbons (Fsp3) is 0.556. The van der Waals surface area contributed by atoms with E-state index in [0.717, 1.165) is 31.5 Å². The second-order valence-corrected chi connectivity index (χ2v) is 6.62. The number of hydrogen-bond donors (Lipinski definition) is 3. The van der Waals surface area contributed by atoms with Gasteiger partial charge in [0.2, 0.25) is 5.91 Å². The molecule has 0 spiro atoms. The molecule has 0 aliphatic carbocycles. The molecule has 1 heterocycles.